The monoisotopic (exact) mass is 737 g/mol. The molecule has 1 spiro atoms. The van der Waals surface area contributed by atoms with E-state index in [-0.39, 0.29) is 22.8 Å². The molecule has 1 saturated heterocycles. The van der Waals surface area contributed by atoms with E-state index in [0.29, 0.717) is 32.0 Å². The Morgan fingerprint density at radius 1 is 1.20 bits per heavy atom. The van der Waals surface area contributed by atoms with Gasteiger partial charge in [0, 0.05) is 55.2 Å². The highest BCUT2D eigenvalue weighted by atomic mass is 35.5. The highest BCUT2D eigenvalue weighted by Crippen LogP contribution is 2.49. The molecule has 2 aromatic carbocycles. The maximum absolute atomic E-state index is 13.3. The van der Waals surface area contributed by atoms with Crippen LogP contribution in [0.1, 0.15) is 74.4 Å². The minimum Gasteiger partial charge on any atom is -0.490 e. The molecule has 2 aliphatic heterocycles. The molecule has 4 aliphatic rings. The summed E-state index contributed by atoms with van der Waals surface area (Å²) in [5.74, 6) is 7.50. The van der Waals surface area contributed by atoms with Crippen LogP contribution in [0.2, 0.25) is 5.02 Å². The smallest absolute Gasteiger partial charge is 0.264 e. The molecular formula is C40H52ClN3O6S. The van der Waals surface area contributed by atoms with Crippen molar-refractivity contribution in [3.8, 4) is 17.6 Å². The van der Waals surface area contributed by atoms with E-state index in [1.165, 1.54) is 11.1 Å². The van der Waals surface area contributed by atoms with E-state index in [2.05, 4.69) is 57.6 Å². The fourth-order valence-electron chi connectivity index (χ4n) is 8.07. The van der Waals surface area contributed by atoms with Gasteiger partial charge in [-0.25, -0.2) is 13.1 Å². The number of carbonyl (C=O) groups is 1. The van der Waals surface area contributed by atoms with Gasteiger partial charge in [0.2, 0.25) is 10.0 Å². The summed E-state index contributed by atoms with van der Waals surface area (Å²) in [5, 5.41) is -0.00673. The number of nitrogens with one attached hydrogen (secondary N) is 1. The van der Waals surface area contributed by atoms with E-state index in [1.807, 2.05) is 12.1 Å². The van der Waals surface area contributed by atoms with Gasteiger partial charge in [0.05, 0.1) is 37.3 Å². The van der Waals surface area contributed by atoms with Crippen LogP contribution in [0, 0.1) is 23.7 Å². The zero-order chi connectivity index (χ0) is 36.2. The Morgan fingerprint density at radius 3 is 2.71 bits per heavy atom. The largest absolute Gasteiger partial charge is 0.490 e. The van der Waals surface area contributed by atoms with E-state index in [9.17, 15) is 13.2 Å². The molecule has 2 heterocycles. The number of allylic oxidation sites excluding steroid dienone is 1. The Hall–Kier alpha value is -3.07. The third-order valence-corrected chi connectivity index (χ3v) is 13.2. The maximum Gasteiger partial charge on any atom is 0.264 e. The number of aryl methyl sites for hydroxylation is 1. The van der Waals surface area contributed by atoms with Gasteiger partial charge in [0.25, 0.3) is 5.91 Å². The molecule has 0 unspecified atom stereocenters. The highest BCUT2D eigenvalue weighted by Gasteiger charge is 2.48. The standard InChI is InChI=1S/C40H52ClN3O6S/c1-5-6-17-40(48-4,18-8-19-43-20-22-49-23-21-43)35-13-10-32(35)26-44-27-39(16-7-9-30-24-33(41)12-14-34(30)39)28-50-37-15-11-31(25-36(37)44)38(45)42-51(46,47)29(2)3/h6,11-12,14-15,17,24-25,29,32,35H,5,7,9-10,13,16,19-23,26-28H2,1-4H3,(H,42,45)/b17-6+/t32-,35+,39-,40+/m0/s1. The molecule has 11 heteroatoms. The van der Waals surface area contributed by atoms with Crippen molar-refractivity contribution in [2.45, 2.75) is 75.6 Å². The summed E-state index contributed by atoms with van der Waals surface area (Å²) in [4.78, 5) is 18.0. The summed E-state index contributed by atoms with van der Waals surface area (Å²) in [6, 6.07) is 11.5. The fourth-order valence-corrected chi connectivity index (χ4v) is 8.87. The molecule has 0 aromatic heterocycles. The van der Waals surface area contributed by atoms with Crippen LogP contribution < -0.4 is 14.4 Å². The number of benzene rings is 2. The van der Waals surface area contributed by atoms with Gasteiger partial charge in [-0.1, -0.05) is 42.5 Å². The molecule has 0 bridgehead atoms. The molecule has 6 rings (SSSR count). The first-order valence-corrected chi connectivity index (χ1v) is 20.3. The number of nitrogens with zero attached hydrogens (tertiary/aromatic N) is 2. The van der Waals surface area contributed by atoms with Crippen molar-refractivity contribution in [2.24, 2.45) is 11.8 Å². The Bertz CT molecular complexity index is 1780. The lowest BCUT2D eigenvalue weighted by Crippen LogP contribution is -2.52. The normalized spacial score (nSPS) is 24.8. The average Bonchev–Trinajstić information content (AvgIpc) is 3.25. The summed E-state index contributed by atoms with van der Waals surface area (Å²) in [6.45, 7) is 11.0. The van der Waals surface area contributed by atoms with Crippen molar-refractivity contribution in [1.82, 2.24) is 9.62 Å². The number of amides is 1. The number of anilines is 1. The van der Waals surface area contributed by atoms with Crippen LogP contribution in [-0.2, 0) is 31.3 Å². The van der Waals surface area contributed by atoms with Crippen molar-refractivity contribution in [3.63, 3.8) is 0 Å². The Balaban J connectivity index is 1.35. The van der Waals surface area contributed by atoms with Crippen LogP contribution in [0.15, 0.2) is 48.6 Å². The van der Waals surface area contributed by atoms with Crippen LogP contribution in [0.5, 0.6) is 5.75 Å². The molecular weight excluding hydrogens is 686 g/mol. The summed E-state index contributed by atoms with van der Waals surface area (Å²) in [6.07, 6.45) is 10.1. The van der Waals surface area contributed by atoms with Crippen molar-refractivity contribution >= 4 is 33.2 Å². The predicted molar refractivity (Wildman–Crippen MR) is 202 cm³/mol. The van der Waals surface area contributed by atoms with Crippen LogP contribution >= 0.6 is 11.6 Å². The molecule has 2 fully saturated rings. The maximum atomic E-state index is 13.3. The first-order chi connectivity index (χ1) is 24.5. The van der Waals surface area contributed by atoms with Crippen LogP contribution in [0.4, 0.5) is 5.69 Å². The van der Waals surface area contributed by atoms with Crippen LogP contribution in [0.3, 0.4) is 0 Å². The van der Waals surface area contributed by atoms with Crippen molar-refractivity contribution in [3.05, 3.63) is 70.3 Å². The van der Waals surface area contributed by atoms with E-state index >= 15 is 0 Å². The van der Waals surface area contributed by atoms with Crippen molar-refractivity contribution in [2.75, 3.05) is 64.6 Å². The van der Waals surface area contributed by atoms with Gasteiger partial charge in [0.15, 0.2) is 0 Å². The quantitative estimate of drug-likeness (QED) is 0.235. The van der Waals surface area contributed by atoms with Gasteiger partial charge in [-0.05, 0) is 106 Å². The number of fused-ring (bicyclic) bond motifs is 3. The fraction of sp³-hybridized carbons (Fsp3) is 0.575. The summed E-state index contributed by atoms with van der Waals surface area (Å²) >= 11 is 6.48. The predicted octanol–water partition coefficient (Wildman–Crippen LogP) is 5.99. The topological polar surface area (TPSA) is 97.4 Å². The lowest BCUT2D eigenvalue weighted by Gasteiger charge is -2.48. The molecule has 2 aromatic rings. The lowest BCUT2D eigenvalue weighted by atomic mass is 9.64. The molecule has 1 N–H and O–H groups in total. The number of morpholine rings is 1. The third-order valence-electron chi connectivity index (χ3n) is 11.2. The average molecular weight is 738 g/mol. The number of halogens is 1. The molecule has 276 valence electrons. The summed E-state index contributed by atoms with van der Waals surface area (Å²) in [7, 11) is -2.04. The number of hydrogen-bond acceptors (Lipinski definition) is 8. The number of ether oxygens (including phenoxy) is 3. The van der Waals surface area contributed by atoms with Gasteiger partial charge >= 0.3 is 0 Å². The Labute approximate surface area is 309 Å². The highest BCUT2D eigenvalue weighted by molar-refractivity contribution is 7.90. The molecule has 51 heavy (non-hydrogen) atoms. The van der Waals surface area contributed by atoms with E-state index in [4.69, 9.17) is 25.8 Å². The molecule has 0 radical (unpaired) electrons. The van der Waals surface area contributed by atoms with Gasteiger partial charge in [-0.15, -0.1) is 0 Å². The van der Waals surface area contributed by atoms with Crippen LogP contribution in [-0.4, -0.2) is 89.7 Å². The van der Waals surface area contributed by atoms with Crippen LogP contribution in [0.25, 0.3) is 0 Å². The third kappa shape index (κ3) is 8.13. The zero-order valence-electron chi connectivity index (χ0n) is 30.4. The SMILES string of the molecule is CC/C=C/[C@](C#CCN1CCOCC1)(OC)[C@@H]1CC[C@H]1CN1C[C@@]2(CCCc3cc(Cl)ccc32)COc2ccc(C(=O)NS(=O)(=O)C(C)C)cc21. The summed E-state index contributed by atoms with van der Waals surface area (Å²) in [5.41, 5.74) is 2.55. The lowest BCUT2D eigenvalue weighted by molar-refractivity contribution is -0.0351. The van der Waals surface area contributed by atoms with Gasteiger partial charge in [-0.3, -0.25) is 9.69 Å². The second kappa shape index (κ2) is 15.9. The van der Waals surface area contributed by atoms with Gasteiger partial charge in [0.1, 0.15) is 11.4 Å². The number of sulfonamides is 1. The van der Waals surface area contributed by atoms with Gasteiger partial charge < -0.3 is 19.1 Å². The summed E-state index contributed by atoms with van der Waals surface area (Å²) < 4.78 is 46.1. The first-order valence-electron chi connectivity index (χ1n) is 18.4. The number of carbonyl (C=O) groups excluding carboxylic acids is 1. The zero-order valence-corrected chi connectivity index (χ0v) is 32.0. The number of hydrogen-bond donors (Lipinski definition) is 1. The second-order valence-corrected chi connectivity index (χ2v) is 17.4. The van der Waals surface area contributed by atoms with Gasteiger partial charge in [-0.2, -0.15) is 0 Å². The van der Waals surface area contributed by atoms with Crippen molar-refractivity contribution in [1.29, 1.82) is 0 Å². The molecule has 2 aliphatic carbocycles. The Kier molecular flexibility index (Phi) is 11.7. The molecule has 1 saturated carbocycles. The minimum absolute atomic E-state index is 0.158. The Morgan fingerprint density at radius 2 is 2.00 bits per heavy atom. The van der Waals surface area contributed by atoms with E-state index in [1.54, 1.807) is 33.1 Å². The van der Waals surface area contributed by atoms with Crippen molar-refractivity contribution < 1.29 is 27.4 Å². The second-order valence-electron chi connectivity index (χ2n) is 14.8. The number of methoxy groups -OCH3 is 1. The number of rotatable bonds is 10. The minimum atomic E-state index is -3.81. The van der Waals surface area contributed by atoms with E-state index in [0.717, 1.165) is 75.5 Å². The molecule has 9 nitrogen and oxygen atoms in total. The van der Waals surface area contributed by atoms with E-state index < -0.39 is 26.8 Å². The molecule has 1 amide bonds. The first kappa shape index (κ1) is 37.7. The molecule has 4 atom stereocenters.